The van der Waals surface area contributed by atoms with Crippen molar-refractivity contribution in [1.29, 1.82) is 0 Å². The van der Waals surface area contributed by atoms with E-state index < -0.39 is 0 Å². The molecule has 5 aromatic rings. The molecule has 2 aromatic heterocycles. The fraction of sp³-hybridized carbons (Fsp3) is 0.0435. The molecule has 5 heteroatoms. The number of hydrogen-bond donors (Lipinski definition) is 0. The summed E-state index contributed by atoms with van der Waals surface area (Å²) in [5.74, 6) is 0.580. The van der Waals surface area contributed by atoms with Crippen LogP contribution in [-0.2, 0) is 6.54 Å². The molecule has 0 saturated heterocycles. The van der Waals surface area contributed by atoms with Gasteiger partial charge in [-0.2, -0.15) is 0 Å². The Morgan fingerprint density at radius 2 is 1.39 bits per heavy atom. The molecule has 0 bridgehead atoms. The van der Waals surface area contributed by atoms with Gasteiger partial charge in [0.05, 0.1) is 35.0 Å². The zero-order chi connectivity index (χ0) is 18.9. The van der Waals surface area contributed by atoms with Crippen LogP contribution < -0.4 is 5.56 Å². The number of fused-ring (bicyclic) bond motifs is 2. The summed E-state index contributed by atoms with van der Waals surface area (Å²) in [5.41, 5.74) is 3.33. The first-order chi connectivity index (χ1) is 13.8. The van der Waals surface area contributed by atoms with Crippen LogP contribution in [0.1, 0.15) is 5.82 Å². The Bertz CT molecular complexity index is 1360. The molecule has 0 fully saturated rings. The number of nitrogens with zero attached hydrogens (tertiary/aromatic N) is 4. The molecule has 0 spiro atoms. The standard InChI is InChI=1S/C23H16N4O/c28-23-18-11-5-6-12-19(18)24-15-27(23)14-21-25-20-13-7-4-10-17(20)22(26-21)16-8-2-1-3-9-16/h1-13,15H,14H2. The maximum atomic E-state index is 12.8. The number of hydrogen-bond acceptors (Lipinski definition) is 4. The van der Waals surface area contributed by atoms with Gasteiger partial charge >= 0.3 is 0 Å². The molecule has 5 rings (SSSR count). The highest BCUT2D eigenvalue weighted by molar-refractivity contribution is 5.92. The van der Waals surface area contributed by atoms with Gasteiger partial charge in [-0.05, 0) is 18.2 Å². The summed E-state index contributed by atoms with van der Waals surface area (Å²) in [6.45, 7) is 0.265. The summed E-state index contributed by atoms with van der Waals surface area (Å²) in [7, 11) is 0. The summed E-state index contributed by atoms with van der Waals surface area (Å²) in [6, 6.07) is 25.3. The zero-order valence-corrected chi connectivity index (χ0v) is 15.0. The molecule has 0 amide bonds. The molecule has 0 N–H and O–H groups in total. The largest absolute Gasteiger partial charge is 0.291 e. The normalized spacial score (nSPS) is 11.1. The van der Waals surface area contributed by atoms with Crippen LogP contribution in [0.25, 0.3) is 33.1 Å². The molecule has 0 atom stereocenters. The maximum Gasteiger partial charge on any atom is 0.261 e. The van der Waals surface area contributed by atoms with Crippen molar-refractivity contribution in [2.75, 3.05) is 0 Å². The van der Waals surface area contributed by atoms with Crippen LogP contribution in [0.5, 0.6) is 0 Å². The first-order valence-electron chi connectivity index (χ1n) is 9.05. The van der Waals surface area contributed by atoms with Gasteiger partial charge in [-0.1, -0.05) is 60.7 Å². The number of benzene rings is 3. The second kappa shape index (κ2) is 6.70. The molecule has 28 heavy (non-hydrogen) atoms. The Balaban J connectivity index is 1.66. The third kappa shape index (κ3) is 2.83. The lowest BCUT2D eigenvalue weighted by Crippen LogP contribution is -2.22. The molecule has 3 aromatic carbocycles. The van der Waals surface area contributed by atoms with E-state index in [2.05, 4.69) is 9.97 Å². The van der Waals surface area contributed by atoms with E-state index in [4.69, 9.17) is 4.98 Å². The van der Waals surface area contributed by atoms with E-state index in [1.54, 1.807) is 17.0 Å². The summed E-state index contributed by atoms with van der Waals surface area (Å²) in [5, 5.41) is 1.58. The molecule has 0 saturated carbocycles. The summed E-state index contributed by atoms with van der Waals surface area (Å²) in [6.07, 6.45) is 1.56. The molecule has 0 radical (unpaired) electrons. The van der Waals surface area contributed by atoms with Crippen LogP contribution in [0, 0.1) is 0 Å². The predicted molar refractivity (Wildman–Crippen MR) is 110 cm³/mol. The highest BCUT2D eigenvalue weighted by Crippen LogP contribution is 2.25. The van der Waals surface area contributed by atoms with Gasteiger partial charge in [0.25, 0.3) is 5.56 Å². The van der Waals surface area contributed by atoms with Crippen LogP contribution in [-0.4, -0.2) is 19.5 Å². The van der Waals surface area contributed by atoms with Gasteiger partial charge in [0.15, 0.2) is 0 Å². The van der Waals surface area contributed by atoms with Gasteiger partial charge in [0, 0.05) is 10.9 Å². The molecular weight excluding hydrogens is 348 g/mol. The van der Waals surface area contributed by atoms with E-state index in [9.17, 15) is 4.79 Å². The number of para-hydroxylation sites is 2. The van der Waals surface area contributed by atoms with Crippen molar-refractivity contribution in [1.82, 2.24) is 19.5 Å². The van der Waals surface area contributed by atoms with E-state index in [0.717, 1.165) is 22.2 Å². The minimum atomic E-state index is -0.0939. The summed E-state index contributed by atoms with van der Waals surface area (Å²) in [4.78, 5) is 26.7. The fourth-order valence-electron chi connectivity index (χ4n) is 3.38. The average molecular weight is 364 g/mol. The van der Waals surface area contributed by atoms with E-state index in [1.807, 2.05) is 72.8 Å². The molecule has 0 unspecified atom stereocenters. The van der Waals surface area contributed by atoms with E-state index >= 15 is 0 Å². The average Bonchev–Trinajstić information content (AvgIpc) is 2.76. The van der Waals surface area contributed by atoms with Gasteiger partial charge in [-0.25, -0.2) is 15.0 Å². The SMILES string of the molecule is O=c1c2ccccc2ncn1Cc1nc(-c2ccccc2)c2ccccc2n1. The van der Waals surface area contributed by atoms with Gasteiger partial charge in [-0.15, -0.1) is 0 Å². The van der Waals surface area contributed by atoms with E-state index in [1.165, 1.54) is 0 Å². The molecule has 134 valence electrons. The van der Waals surface area contributed by atoms with Crippen molar-refractivity contribution in [2.24, 2.45) is 0 Å². The lowest BCUT2D eigenvalue weighted by atomic mass is 10.1. The van der Waals surface area contributed by atoms with Crippen molar-refractivity contribution in [3.63, 3.8) is 0 Å². The lowest BCUT2D eigenvalue weighted by Gasteiger charge is -2.10. The predicted octanol–water partition coefficient (Wildman–Crippen LogP) is 4.06. The minimum absolute atomic E-state index is 0.0939. The Kier molecular flexibility index (Phi) is 3.91. The van der Waals surface area contributed by atoms with Crippen LogP contribution in [0.4, 0.5) is 0 Å². The Morgan fingerprint density at radius 1 is 0.714 bits per heavy atom. The maximum absolute atomic E-state index is 12.8. The van der Waals surface area contributed by atoms with Crippen LogP contribution in [0.15, 0.2) is 90.0 Å². The van der Waals surface area contributed by atoms with Crippen molar-refractivity contribution in [3.05, 3.63) is 101 Å². The smallest absolute Gasteiger partial charge is 0.261 e. The van der Waals surface area contributed by atoms with Gasteiger partial charge in [0.2, 0.25) is 0 Å². The topological polar surface area (TPSA) is 60.7 Å². The van der Waals surface area contributed by atoms with Crippen LogP contribution in [0.3, 0.4) is 0 Å². The Labute approximate surface area is 161 Å². The Hall–Kier alpha value is -3.86. The van der Waals surface area contributed by atoms with Crippen molar-refractivity contribution >= 4 is 21.8 Å². The van der Waals surface area contributed by atoms with E-state index in [0.29, 0.717) is 16.7 Å². The quantitative estimate of drug-likeness (QED) is 0.484. The molecule has 0 aliphatic heterocycles. The van der Waals surface area contributed by atoms with Crippen molar-refractivity contribution in [3.8, 4) is 11.3 Å². The van der Waals surface area contributed by atoms with Crippen LogP contribution >= 0.6 is 0 Å². The number of aromatic nitrogens is 4. The number of rotatable bonds is 3. The zero-order valence-electron chi connectivity index (χ0n) is 15.0. The molecule has 5 nitrogen and oxygen atoms in total. The van der Waals surface area contributed by atoms with Crippen LogP contribution in [0.2, 0.25) is 0 Å². The molecule has 0 aliphatic carbocycles. The fourth-order valence-corrected chi connectivity index (χ4v) is 3.38. The lowest BCUT2D eigenvalue weighted by molar-refractivity contribution is 0.711. The molecule has 2 heterocycles. The van der Waals surface area contributed by atoms with Crippen molar-refractivity contribution in [2.45, 2.75) is 6.54 Å². The third-order valence-corrected chi connectivity index (χ3v) is 4.74. The first kappa shape index (κ1) is 16.3. The molecular formula is C23H16N4O. The monoisotopic (exact) mass is 364 g/mol. The van der Waals surface area contributed by atoms with E-state index in [-0.39, 0.29) is 12.1 Å². The summed E-state index contributed by atoms with van der Waals surface area (Å²) < 4.78 is 1.56. The second-order valence-corrected chi connectivity index (χ2v) is 6.57. The van der Waals surface area contributed by atoms with Crippen molar-refractivity contribution < 1.29 is 0 Å². The minimum Gasteiger partial charge on any atom is -0.291 e. The van der Waals surface area contributed by atoms with Gasteiger partial charge < -0.3 is 0 Å². The van der Waals surface area contributed by atoms with Gasteiger partial charge in [-0.3, -0.25) is 9.36 Å². The van der Waals surface area contributed by atoms with Gasteiger partial charge in [0.1, 0.15) is 5.82 Å². The summed E-state index contributed by atoms with van der Waals surface area (Å²) >= 11 is 0. The second-order valence-electron chi connectivity index (χ2n) is 6.57. The molecule has 0 aliphatic rings. The third-order valence-electron chi connectivity index (χ3n) is 4.74. The highest BCUT2D eigenvalue weighted by atomic mass is 16.1. The Morgan fingerprint density at radius 3 is 2.21 bits per heavy atom. The highest BCUT2D eigenvalue weighted by Gasteiger charge is 2.11. The first-order valence-corrected chi connectivity index (χ1v) is 9.05.